The van der Waals surface area contributed by atoms with E-state index in [-0.39, 0.29) is 5.82 Å². The predicted octanol–water partition coefficient (Wildman–Crippen LogP) is 3.05. The lowest BCUT2D eigenvalue weighted by Crippen LogP contribution is -2.29. The standard InChI is InChI=1S/C15H18FN3O/c16-13-8-11(14-9-15(17)18-20-14)4-5-12(13)10-19-6-2-1-3-7-19/h4-5,8-9H,1-3,6-7,10H2,(H2,17,18). The summed E-state index contributed by atoms with van der Waals surface area (Å²) >= 11 is 0. The number of likely N-dealkylation sites (tertiary alicyclic amines) is 1. The van der Waals surface area contributed by atoms with Crippen LogP contribution in [0.15, 0.2) is 28.8 Å². The topological polar surface area (TPSA) is 55.3 Å². The minimum atomic E-state index is -0.206. The second-order valence-corrected chi connectivity index (χ2v) is 5.26. The highest BCUT2D eigenvalue weighted by Gasteiger charge is 2.14. The number of benzene rings is 1. The molecule has 0 bridgehead atoms. The highest BCUT2D eigenvalue weighted by atomic mass is 19.1. The summed E-state index contributed by atoms with van der Waals surface area (Å²) < 4.78 is 19.2. The molecule has 2 N–H and O–H groups in total. The molecule has 0 aliphatic carbocycles. The van der Waals surface area contributed by atoms with Crippen LogP contribution < -0.4 is 5.73 Å². The molecule has 0 unspecified atom stereocenters. The van der Waals surface area contributed by atoms with Gasteiger partial charge in [0.25, 0.3) is 0 Å². The molecule has 2 heterocycles. The van der Waals surface area contributed by atoms with E-state index in [0.29, 0.717) is 23.7 Å². The van der Waals surface area contributed by atoms with Crippen LogP contribution in [0.25, 0.3) is 11.3 Å². The maximum absolute atomic E-state index is 14.2. The number of piperidine rings is 1. The van der Waals surface area contributed by atoms with Gasteiger partial charge in [-0.1, -0.05) is 23.7 Å². The van der Waals surface area contributed by atoms with E-state index in [1.807, 2.05) is 12.1 Å². The van der Waals surface area contributed by atoms with E-state index in [1.54, 1.807) is 6.07 Å². The Balaban J connectivity index is 1.76. The van der Waals surface area contributed by atoms with Crippen molar-refractivity contribution in [3.63, 3.8) is 0 Å². The van der Waals surface area contributed by atoms with E-state index in [1.165, 1.54) is 25.3 Å². The third-order valence-electron chi connectivity index (χ3n) is 3.71. The molecule has 1 fully saturated rings. The highest BCUT2D eigenvalue weighted by Crippen LogP contribution is 2.24. The average molecular weight is 275 g/mol. The molecule has 0 radical (unpaired) electrons. The quantitative estimate of drug-likeness (QED) is 0.935. The fourth-order valence-electron chi connectivity index (χ4n) is 2.61. The smallest absolute Gasteiger partial charge is 0.169 e. The van der Waals surface area contributed by atoms with Gasteiger partial charge >= 0.3 is 0 Å². The molecule has 2 aromatic rings. The van der Waals surface area contributed by atoms with Crippen LogP contribution in [0.5, 0.6) is 0 Å². The van der Waals surface area contributed by atoms with Gasteiger partial charge in [0.05, 0.1) is 0 Å². The Morgan fingerprint density at radius 3 is 2.65 bits per heavy atom. The maximum atomic E-state index is 14.2. The molecule has 0 amide bonds. The SMILES string of the molecule is Nc1cc(-c2ccc(CN3CCCCC3)c(F)c2)on1. The van der Waals surface area contributed by atoms with E-state index < -0.39 is 0 Å². The van der Waals surface area contributed by atoms with Crippen LogP contribution in [-0.4, -0.2) is 23.1 Å². The summed E-state index contributed by atoms with van der Waals surface area (Å²) in [7, 11) is 0. The Bertz CT molecular complexity index is 591. The number of nitrogen functional groups attached to an aromatic ring is 1. The van der Waals surface area contributed by atoms with Crippen LogP contribution in [0, 0.1) is 5.82 Å². The van der Waals surface area contributed by atoms with Crippen molar-refractivity contribution < 1.29 is 8.91 Å². The molecule has 1 aliphatic heterocycles. The van der Waals surface area contributed by atoms with Crippen molar-refractivity contribution in [1.82, 2.24) is 10.1 Å². The molecule has 0 atom stereocenters. The lowest BCUT2D eigenvalue weighted by atomic mass is 10.1. The van der Waals surface area contributed by atoms with E-state index in [9.17, 15) is 4.39 Å². The Morgan fingerprint density at radius 2 is 2.00 bits per heavy atom. The summed E-state index contributed by atoms with van der Waals surface area (Å²) in [6.07, 6.45) is 3.69. The van der Waals surface area contributed by atoms with Crippen LogP contribution in [0.2, 0.25) is 0 Å². The minimum Gasteiger partial charge on any atom is -0.381 e. The Labute approximate surface area is 117 Å². The van der Waals surface area contributed by atoms with Crippen molar-refractivity contribution in [2.45, 2.75) is 25.8 Å². The van der Waals surface area contributed by atoms with Crippen molar-refractivity contribution in [1.29, 1.82) is 0 Å². The Morgan fingerprint density at radius 1 is 1.20 bits per heavy atom. The summed E-state index contributed by atoms with van der Waals surface area (Å²) in [5.41, 5.74) is 6.89. The first-order valence-corrected chi connectivity index (χ1v) is 6.96. The van der Waals surface area contributed by atoms with Crippen molar-refractivity contribution in [2.75, 3.05) is 18.8 Å². The number of rotatable bonds is 3. The van der Waals surface area contributed by atoms with Gasteiger partial charge in [0.2, 0.25) is 0 Å². The van der Waals surface area contributed by atoms with Gasteiger partial charge in [0.15, 0.2) is 11.6 Å². The molecule has 1 saturated heterocycles. The zero-order valence-electron chi connectivity index (χ0n) is 11.3. The first-order chi connectivity index (χ1) is 9.72. The van der Waals surface area contributed by atoms with E-state index in [2.05, 4.69) is 10.1 Å². The molecular weight excluding hydrogens is 257 g/mol. The Hall–Kier alpha value is -1.88. The molecule has 3 rings (SSSR count). The van der Waals surface area contributed by atoms with Crippen LogP contribution in [-0.2, 0) is 6.54 Å². The van der Waals surface area contributed by atoms with Gasteiger partial charge < -0.3 is 10.3 Å². The molecule has 1 aromatic heterocycles. The predicted molar refractivity (Wildman–Crippen MR) is 75.4 cm³/mol. The van der Waals surface area contributed by atoms with Gasteiger partial charge in [-0.2, -0.15) is 0 Å². The number of nitrogens with two attached hydrogens (primary N) is 1. The third kappa shape index (κ3) is 2.82. The van der Waals surface area contributed by atoms with Gasteiger partial charge in [0.1, 0.15) is 5.82 Å². The molecular formula is C15H18FN3O. The fraction of sp³-hybridized carbons (Fsp3) is 0.400. The molecule has 0 spiro atoms. The number of hydrogen-bond donors (Lipinski definition) is 1. The van der Waals surface area contributed by atoms with Crippen molar-refractivity contribution in [3.8, 4) is 11.3 Å². The first kappa shape index (κ1) is 13.1. The van der Waals surface area contributed by atoms with Gasteiger partial charge in [-0.3, -0.25) is 4.90 Å². The summed E-state index contributed by atoms with van der Waals surface area (Å²) in [6.45, 7) is 2.78. The molecule has 5 heteroatoms. The summed E-state index contributed by atoms with van der Waals surface area (Å²) in [5, 5.41) is 3.61. The van der Waals surface area contributed by atoms with Crippen molar-refractivity contribution in [2.24, 2.45) is 0 Å². The molecule has 0 saturated carbocycles. The van der Waals surface area contributed by atoms with Gasteiger partial charge in [-0.05, 0) is 32.0 Å². The lowest BCUT2D eigenvalue weighted by Gasteiger charge is -2.26. The molecule has 1 aromatic carbocycles. The van der Waals surface area contributed by atoms with Crippen LogP contribution in [0.4, 0.5) is 10.2 Å². The van der Waals surface area contributed by atoms with Gasteiger partial charge in [-0.15, -0.1) is 0 Å². The van der Waals surface area contributed by atoms with Gasteiger partial charge in [-0.25, -0.2) is 4.39 Å². The second-order valence-electron chi connectivity index (χ2n) is 5.26. The van der Waals surface area contributed by atoms with Crippen LogP contribution >= 0.6 is 0 Å². The zero-order chi connectivity index (χ0) is 13.9. The normalized spacial score (nSPS) is 16.4. The minimum absolute atomic E-state index is 0.206. The number of halogens is 1. The van der Waals surface area contributed by atoms with Crippen LogP contribution in [0.1, 0.15) is 24.8 Å². The van der Waals surface area contributed by atoms with E-state index in [0.717, 1.165) is 18.7 Å². The molecule has 106 valence electrons. The third-order valence-corrected chi connectivity index (χ3v) is 3.71. The monoisotopic (exact) mass is 275 g/mol. The fourth-order valence-corrected chi connectivity index (χ4v) is 2.61. The number of hydrogen-bond acceptors (Lipinski definition) is 4. The van der Waals surface area contributed by atoms with E-state index >= 15 is 0 Å². The zero-order valence-corrected chi connectivity index (χ0v) is 11.3. The number of aromatic nitrogens is 1. The largest absolute Gasteiger partial charge is 0.381 e. The summed E-state index contributed by atoms with van der Waals surface area (Å²) in [5.74, 6) is 0.590. The van der Waals surface area contributed by atoms with Crippen molar-refractivity contribution >= 4 is 5.82 Å². The van der Waals surface area contributed by atoms with Crippen molar-refractivity contribution in [3.05, 3.63) is 35.6 Å². The summed E-state index contributed by atoms with van der Waals surface area (Å²) in [6, 6.07) is 6.75. The molecule has 20 heavy (non-hydrogen) atoms. The maximum Gasteiger partial charge on any atom is 0.169 e. The molecule has 4 nitrogen and oxygen atoms in total. The van der Waals surface area contributed by atoms with Gasteiger partial charge in [0, 0.05) is 23.7 Å². The average Bonchev–Trinajstić information content (AvgIpc) is 2.89. The number of anilines is 1. The Kier molecular flexibility index (Phi) is 3.69. The van der Waals surface area contributed by atoms with Crippen LogP contribution in [0.3, 0.4) is 0 Å². The lowest BCUT2D eigenvalue weighted by molar-refractivity contribution is 0.218. The summed E-state index contributed by atoms with van der Waals surface area (Å²) in [4.78, 5) is 2.30. The van der Waals surface area contributed by atoms with E-state index in [4.69, 9.17) is 10.3 Å². The second kappa shape index (κ2) is 5.63. The highest BCUT2D eigenvalue weighted by molar-refractivity contribution is 5.60. The molecule has 1 aliphatic rings. The number of nitrogens with zero attached hydrogens (tertiary/aromatic N) is 2. The first-order valence-electron chi connectivity index (χ1n) is 6.96.